The minimum Gasteiger partial charge on any atom is -0.370 e. The minimum atomic E-state index is -0.136. The Hall–Kier alpha value is -1.09. The molecule has 1 aromatic rings. The number of hydrogen-bond acceptors (Lipinski definition) is 2. The molecule has 1 aromatic carbocycles. The number of hydrogen-bond donors (Lipinski definition) is 1. The number of anilines is 1. The van der Waals surface area contributed by atoms with Crippen molar-refractivity contribution < 1.29 is 4.39 Å². The Balaban J connectivity index is 1.53. The molecule has 110 valence electrons. The molecule has 1 aliphatic heterocycles. The van der Waals surface area contributed by atoms with Crippen molar-refractivity contribution in [2.24, 2.45) is 5.92 Å². The van der Waals surface area contributed by atoms with Gasteiger partial charge in [0.25, 0.3) is 0 Å². The van der Waals surface area contributed by atoms with Crippen molar-refractivity contribution in [3.8, 4) is 0 Å². The molecule has 2 nitrogen and oxygen atoms in total. The van der Waals surface area contributed by atoms with Gasteiger partial charge in [-0.2, -0.15) is 0 Å². The normalized spacial score (nSPS) is 24.2. The summed E-state index contributed by atoms with van der Waals surface area (Å²) in [6, 6.07) is 7.55. The van der Waals surface area contributed by atoms with Gasteiger partial charge >= 0.3 is 0 Å². The van der Waals surface area contributed by atoms with Crippen LogP contribution in [0.15, 0.2) is 24.3 Å². The molecule has 0 spiro atoms. The smallest absolute Gasteiger partial charge is 0.125 e. The van der Waals surface area contributed by atoms with Crippen LogP contribution >= 0.6 is 0 Å². The van der Waals surface area contributed by atoms with Crippen LogP contribution in [0.2, 0.25) is 0 Å². The highest BCUT2D eigenvalue weighted by atomic mass is 19.1. The Morgan fingerprint density at radius 2 is 2.00 bits per heavy atom. The van der Waals surface area contributed by atoms with Gasteiger partial charge in [-0.3, -0.25) is 0 Å². The van der Waals surface area contributed by atoms with E-state index in [1.54, 1.807) is 12.1 Å². The molecule has 3 heteroatoms. The predicted molar refractivity (Wildman–Crippen MR) is 81.6 cm³/mol. The van der Waals surface area contributed by atoms with Gasteiger partial charge in [0.1, 0.15) is 5.82 Å². The standard InChI is InChI=1S/C17H25FN2/c18-15-7-3-9-17(11-15)20-10-4-8-16(13-20)19-12-14-5-1-2-6-14/h3,7,9,11,14,16,19H,1-2,4-6,8,10,12-13H2. The molecule has 1 N–H and O–H groups in total. The van der Waals surface area contributed by atoms with E-state index in [0.29, 0.717) is 6.04 Å². The Morgan fingerprint density at radius 1 is 1.15 bits per heavy atom. The molecule has 1 atom stereocenters. The van der Waals surface area contributed by atoms with E-state index in [1.807, 2.05) is 6.07 Å². The average molecular weight is 276 g/mol. The first-order valence-electron chi connectivity index (χ1n) is 8.05. The van der Waals surface area contributed by atoms with Crippen LogP contribution in [0.4, 0.5) is 10.1 Å². The number of rotatable bonds is 4. The number of piperidine rings is 1. The zero-order valence-corrected chi connectivity index (χ0v) is 12.2. The Morgan fingerprint density at radius 3 is 2.80 bits per heavy atom. The van der Waals surface area contributed by atoms with E-state index in [-0.39, 0.29) is 5.82 Å². The van der Waals surface area contributed by atoms with Gasteiger partial charge in [0.05, 0.1) is 0 Å². The monoisotopic (exact) mass is 276 g/mol. The van der Waals surface area contributed by atoms with E-state index >= 15 is 0 Å². The van der Waals surface area contributed by atoms with Crippen LogP contribution in [0.1, 0.15) is 38.5 Å². The van der Waals surface area contributed by atoms with Gasteiger partial charge < -0.3 is 10.2 Å². The summed E-state index contributed by atoms with van der Waals surface area (Å²) in [4.78, 5) is 2.32. The van der Waals surface area contributed by atoms with Crippen molar-refractivity contribution in [2.75, 3.05) is 24.5 Å². The summed E-state index contributed by atoms with van der Waals surface area (Å²) in [7, 11) is 0. The molecule has 1 heterocycles. The molecule has 3 rings (SSSR count). The van der Waals surface area contributed by atoms with Crippen LogP contribution in [0.25, 0.3) is 0 Å². The second-order valence-corrected chi connectivity index (χ2v) is 6.32. The molecule has 1 saturated heterocycles. The number of nitrogens with zero attached hydrogens (tertiary/aromatic N) is 1. The van der Waals surface area contributed by atoms with Gasteiger partial charge in [-0.1, -0.05) is 18.9 Å². The highest BCUT2D eigenvalue weighted by molar-refractivity contribution is 5.47. The topological polar surface area (TPSA) is 15.3 Å². The molecule has 2 aliphatic rings. The predicted octanol–water partition coefficient (Wildman–Crippen LogP) is 3.57. The van der Waals surface area contributed by atoms with Gasteiger partial charge in [-0.25, -0.2) is 4.39 Å². The van der Waals surface area contributed by atoms with Crippen LogP contribution < -0.4 is 10.2 Å². The van der Waals surface area contributed by atoms with Gasteiger partial charge in [0, 0.05) is 24.8 Å². The minimum absolute atomic E-state index is 0.136. The molecule has 1 aliphatic carbocycles. The van der Waals surface area contributed by atoms with Crippen LogP contribution in [0, 0.1) is 11.7 Å². The maximum atomic E-state index is 13.3. The fraction of sp³-hybridized carbons (Fsp3) is 0.647. The first-order chi connectivity index (χ1) is 9.81. The number of benzene rings is 1. The summed E-state index contributed by atoms with van der Waals surface area (Å²) < 4.78 is 13.3. The van der Waals surface area contributed by atoms with Crippen LogP contribution in [-0.2, 0) is 0 Å². The molecule has 0 radical (unpaired) electrons. The fourth-order valence-electron chi connectivity index (χ4n) is 3.60. The molecular formula is C17H25FN2. The van der Waals surface area contributed by atoms with Crippen molar-refractivity contribution in [1.29, 1.82) is 0 Å². The van der Waals surface area contributed by atoms with E-state index in [0.717, 1.165) is 24.7 Å². The van der Waals surface area contributed by atoms with Crippen molar-refractivity contribution in [3.05, 3.63) is 30.1 Å². The lowest BCUT2D eigenvalue weighted by atomic mass is 10.0. The average Bonchev–Trinajstić information content (AvgIpc) is 2.99. The molecule has 0 bridgehead atoms. The van der Waals surface area contributed by atoms with E-state index in [1.165, 1.54) is 51.1 Å². The molecule has 1 unspecified atom stereocenters. The van der Waals surface area contributed by atoms with E-state index < -0.39 is 0 Å². The van der Waals surface area contributed by atoms with Crippen molar-refractivity contribution >= 4 is 5.69 Å². The van der Waals surface area contributed by atoms with E-state index in [9.17, 15) is 4.39 Å². The van der Waals surface area contributed by atoms with Crippen LogP contribution in [-0.4, -0.2) is 25.7 Å². The van der Waals surface area contributed by atoms with E-state index in [2.05, 4.69) is 10.2 Å². The second-order valence-electron chi connectivity index (χ2n) is 6.32. The quantitative estimate of drug-likeness (QED) is 0.904. The number of halogens is 1. The number of nitrogens with one attached hydrogen (secondary N) is 1. The van der Waals surface area contributed by atoms with Gasteiger partial charge in [-0.05, 0) is 56.3 Å². The maximum Gasteiger partial charge on any atom is 0.125 e. The summed E-state index contributed by atoms with van der Waals surface area (Å²) in [5, 5.41) is 3.74. The lowest BCUT2D eigenvalue weighted by Crippen LogP contribution is -2.46. The lowest BCUT2D eigenvalue weighted by molar-refractivity contribution is 0.383. The first-order valence-corrected chi connectivity index (χ1v) is 8.05. The largest absolute Gasteiger partial charge is 0.370 e. The fourth-order valence-corrected chi connectivity index (χ4v) is 3.60. The Bertz CT molecular complexity index is 429. The highest BCUT2D eigenvalue weighted by Gasteiger charge is 2.22. The molecule has 20 heavy (non-hydrogen) atoms. The molecule has 0 amide bonds. The maximum absolute atomic E-state index is 13.3. The molecule has 2 fully saturated rings. The Kier molecular flexibility index (Phi) is 4.56. The third-order valence-electron chi connectivity index (χ3n) is 4.76. The van der Waals surface area contributed by atoms with Crippen molar-refractivity contribution in [2.45, 2.75) is 44.6 Å². The third kappa shape index (κ3) is 3.51. The highest BCUT2D eigenvalue weighted by Crippen LogP contribution is 2.25. The lowest BCUT2D eigenvalue weighted by Gasteiger charge is -2.35. The van der Waals surface area contributed by atoms with Gasteiger partial charge in [0.2, 0.25) is 0 Å². The second kappa shape index (κ2) is 6.57. The molecule has 1 saturated carbocycles. The van der Waals surface area contributed by atoms with E-state index in [4.69, 9.17) is 0 Å². The third-order valence-corrected chi connectivity index (χ3v) is 4.76. The van der Waals surface area contributed by atoms with Crippen molar-refractivity contribution in [3.63, 3.8) is 0 Å². The van der Waals surface area contributed by atoms with Gasteiger partial charge in [0.15, 0.2) is 0 Å². The Labute approximate surface area is 121 Å². The summed E-state index contributed by atoms with van der Waals surface area (Å²) in [5.74, 6) is 0.753. The SMILES string of the molecule is Fc1cccc(N2CCCC(NCC3CCCC3)C2)c1. The zero-order valence-electron chi connectivity index (χ0n) is 12.2. The summed E-state index contributed by atoms with van der Waals surface area (Å²) in [6.45, 7) is 3.23. The zero-order chi connectivity index (χ0) is 13.8. The molecule has 0 aromatic heterocycles. The van der Waals surface area contributed by atoms with Crippen LogP contribution in [0.3, 0.4) is 0 Å². The van der Waals surface area contributed by atoms with Crippen molar-refractivity contribution in [1.82, 2.24) is 5.32 Å². The molecular weight excluding hydrogens is 251 g/mol. The van der Waals surface area contributed by atoms with Gasteiger partial charge in [-0.15, -0.1) is 0 Å². The summed E-state index contributed by atoms with van der Waals surface area (Å²) in [6.07, 6.45) is 8.05. The van der Waals surface area contributed by atoms with Crippen LogP contribution in [0.5, 0.6) is 0 Å². The first kappa shape index (κ1) is 13.9. The summed E-state index contributed by atoms with van der Waals surface area (Å²) in [5.41, 5.74) is 1.03. The summed E-state index contributed by atoms with van der Waals surface area (Å²) >= 11 is 0.